The maximum Gasteiger partial charge on any atom is 0.342 e. The Labute approximate surface area is 127 Å². The molecular formula is C13H17ClFNO5. The minimum Gasteiger partial charge on any atom is -0.504 e. The number of esters is 2. The molecule has 0 bridgehead atoms. The molecule has 0 heterocycles. The quantitative estimate of drug-likeness (QED) is 0.632. The molecule has 8 heteroatoms. The number of phenols is 1. The van der Waals surface area contributed by atoms with Crippen LogP contribution in [0.2, 0.25) is 0 Å². The smallest absolute Gasteiger partial charge is 0.342 e. The lowest BCUT2D eigenvalue weighted by molar-refractivity contribution is -0.150. The van der Waals surface area contributed by atoms with Crippen molar-refractivity contribution in [3.63, 3.8) is 0 Å². The molecule has 2 atom stereocenters. The normalized spacial score (nSPS) is 12.8. The molecule has 0 saturated heterocycles. The SMILES string of the molecule is CCOC(=O)C(F)[C@H](N)c1ccc(OC(C)=O)c(O)c1.Cl. The van der Waals surface area contributed by atoms with Gasteiger partial charge in [-0.15, -0.1) is 12.4 Å². The minimum atomic E-state index is -2.05. The third kappa shape index (κ3) is 5.20. The van der Waals surface area contributed by atoms with Crippen LogP contribution in [0.3, 0.4) is 0 Å². The van der Waals surface area contributed by atoms with E-state index >= 15 is 0 Å². The van der Waals surface area contributed by atoms with Crippen LogP contribution in [0.15, 0.2) is 18.2 Å². The van der Waals surface area contributed by atoms with Crippen LogP contribution in [0.4, 0.5) is 4.39 Å². The van der Waals surface area contributed by atoms with E-state index in [9.17, 15) is 19.1 Å². The largest absolute Gasteiger partial charge is 0.504 e. The maximum absolute atomic E-state index is 13.7. The van der Waals surface area contributed by atoms with Crippen molar-refractivity contribution in [1.29, 1.82) is 0 Å². The van der Waals surface area contributed by atoms with E-state index in [1.165, 1.54) is 19.1 Å². The number of phenolic OH excluding ortho intramolecular Hbond substituents is 1. The van der Waals surface area contributed by atoms with Gasteiger partial charge >= 0.3 is 11.9 Å². The van der Waals surface area contributed by atoms with Gasteiger partial charge in [0, 0.05) is 6.92 Å². The molecule has 0 aromatic heterocycles. The molecule has 1 aromatic carbocycles. The lowest BCUT2D eigenvalue weighted by atomic mass is 10.0. The Kier molecular flexibility index (Phi) is 7.69. The number of ether oxygens (including phenoxy) is 2. The fraction of sp³-hybridized carbons (Fsp3) is 0.385. The third-order valence-corrected chi connectivity index (χ3v) is 2.45. The van der Waals surface area contributed by atoms with Crippen molar-refractivity contribution < 1.29 is 28.6 Å². The summed E-state index contributed by atoms with van der Waals surface area (Å²) >= 11 is 0. The molecule has 0 saturated carbocycles. The van der Waals surface area contributed by atoms with Crippen LogP contribution in [0.5, 0.6) is 11.5 Å². The molecule has 0 amide bonds. The fourth-order valence-corrected chi connectivity index (χ4v) is 1.52. The van der Waals surface area contributed by atoms with Gasteiger partial charge in [-0.05, 0) is 24.6 Å². The van der Waals surface area contributed by atoms with Gasteiger partial charge in [-0.3, -0.25) is 4.79 Å². The summed E-state index contributed by atoms with van der Waals surface area (Å²) in [6.45, 7) is 2.77. The van der Waals surface area contributed by atoms with E-state index in [2.05, 4.69) is 4.74 Å². The van der Waals surface area contributed by atoms with E-state index < -0.39 is 24.2 Å². The van der Waals surface area contributed by atoms with E-state index in [-0.39, 0.29) is 36.1 Å². The molecule has 0 aliphatic rings. The van der Waals surface area contributed by atoms with E-state index in [1.54, 1.807) is 6.92 Å². The number of halogens is 2. The number of hydrogen-bond acceptors (Lipinski definition) is 6. The van der Waals surface area contributed by atoms with Crippen LogP contribution < -0.4 is 10.5 Å². The molecule has 0 aliphatic carbocycles. The molecule has 0 aliphatic heterocycles. The number of benzene rings is 1. The lowest BCUT2D eigenvalue weighted by Crippen LogP contribution is -2.31. The molecule has 21 heavy (non-hydrogen) atoms. The highest BCUT2D eigenvalue weighted by Crippen LogP contribution is 2.30. The Morgan fingerprint density at radius 2 is 2.05 bits per heavy atom. The van der Waals surface area contributed by atoms with E-state index in [4.69, 9.17) is 10.5 Å². The van der Waals surface area contributed by atoms with E-state index in [0.717, 1.165) is 6.07 Å². The monoisotopic (exact) mass is 321 g/mol. The summed E-state index contributed by atoms with van der Waals surface area (Å²) in [7, 11) is 0. The van der Waals surface area contributed by atoms with Crippen LogP contribution >= 0.6 is 12.4 Å². The van der Waals surface area contributed by atoms with Crippen molar-refractivity contribution in [2.24, 2.45) is 5.73 Å². The van der Waals surface area contributed by atoms with Gasteiger partial charge in [0.05, 0.1) is 12.6 Å². The predicted molar refractivity (Wildman–Crippen MR) is 75.1 cm³/mol. The molecular weight excluding hydrogens is 305 g/mol. The summed E-state index contributed by atoms with van der Waals surface area (Å²) in [5, 5.41) is 9.64. The predicted octanol–water partition coefficient (Wildman–Crippen LogP) is 1.64. The summed E-state index contributed by atoms with van der Waals surface area (Å²) < 4.78 is 23.0. The average molecular weight is 322 g/mol. The first kappa shape index (κ1) is 19.1. The van der Waals surface area contributed by atoms with Gasteiger partial charge < -0.3 is 20.3 Å². The Balaban J connectivity index is 0.00000400. The van der Waals surface area contributed by atoms with Gasteiger partial charge in [0.2, 0.25) is 6.17 Å². The van der Waals surface area contributed by atoms with Crippen LogP contribution in [-0.4, -0.2) is 29.8 Å². The highest BCUT2D eigenvalue weighted by atomic mass is 35.5. The number of alkyl halides is 1. The van der Waals surface area contributed by atoms with Crippen molar-refractivity contribution >= 4 is 24.3 Å². The first-order valence-corrected chi connectivity index (χ1v) is 5.94. The fourth-order valence-electron chi connectivity index (χ4n) is 1.52. The summed E-state index contributed by atoms with van der Waals surface area (Å²) in [5.74, 6) is -2.11. The van der Waals surface area contributed by atoms with Crippen molar-refractivity contribution in [2.45, 2.75) is 26.1 Å². The Morgan fingerprint density at radius 3 is 2.52 bits per heavy atom. The zero-order valence-corrected chi connectivity index (χ0v) is 12.4. The van der Waals surface area contributed by atoms with Crippen molar-refractivity contribution in [3.05, 3.63) is 23.8 Å². The third-order valence-electron chi connectivity index (χ3n) is 2.45. The second-order valence-electron chi connectivity index (χ2n) is 4.00. The first-order chi connectivity index (χ1) is 9.36. The van der Waals surface area contributed by atoms with Crippen LogP contribution in [0.25, 0.3) is 0 Å². The number of aromatic hydroxyl groups is 1. The van der Waals surface area contributed by atoms with Crippen molar-refractivity contribution in [2.75, 3.05) is 6.61 Å². The molecule has 0 radical (unpaired) electrons. The molecule has 0 fully saturated rings. The number of hydrogen-bond donors (Lipinski definition) is 2. The average Bonchev–Trinajstić information content (AvgIpc) is 2.39. The molecule has 3 N–H and O–H groups in total. The van der Waals surface area contributed by atoms with E-state index in [0.29, 0.717) is 0 Å². The zero-order chi connectivity index (χ0) is 15.3. The zero-order valence-electron chi connectivity index (χ0n) is 11.5. The molecule has 1 rings (SSSR count). The van der Waals surface area contributed by atoms with Gasteiger partial charge in [0.25, 0.3) is 0 Å². The summed E-state index contributed by atoms with van der Waals surface area (Å²) in [6.07, 6.45) is -2.05. The molecule has 6 nitrogen and oxygen atoms in total. The number of nitrogens with two attached hydrogens (primary N) is 1. The summed E-state index contributed by atoms with van der Waals surface area (Å²) in [6, 6.07) is 2.47. The topological polar surface area (TPSA) is 98.9 Å². The van der Waals surface area contributed by atoms with Crippen LogP contribution in [0, 0.1) is 0 Å². The van der Waals surface area contributed by atoms with Gasteiger partial charge in [-0.1, -0.05) is 6.07 Å². The van der Waals surface area contributed by atoms with Crippen LogP contribution in [-0.2, 0) is 14.3 Å². The molecule has 1 unspecified atom stereocenters. The minimum absolute atomic E-state index is 0. The van der Waals surface area contributed by atoms with Gasteiger partial charge in [0.15, 0.2) is 11.5 Å². The van der Waals surface area contributed by atoms with E-state index in [1.807, 2.05) is 0 Å². The van der Waals surface area contributed by atoms with Gasteiger partial charge in [-0.25, -0.2) is 9.18 Å². The van der Waals surface area contributed by atoms with Crippen molar-refractivity contribution in [1.82, 2.24) is 0 Å². The summed E-state index contributed by atoms with van der Waals surface area (Å²) in [5.41, 5.74) is 5.77. The Morgan fingerprint density at radius 1 is 1.43 bits per heavy atom. The standard InChI is InChI=1S/C13H16FNO5.ClH/c1-3-19-13(18)11(14)12(15)8-4-5-10(9(17)6-8)20-7(2)16;/h4-6,11-12,17H,3,15H2,1-2H3;1H/t11?,12-;/m1./s1. The molecule has 1 aromatic rings. The molecule has 118 valence electrons. The highest BCUT2D eigenvalue weighted by molar-refractivity contribution is 5.85. The number of rotatable bonds is 5. The first-order valence-electron chi connectivity index (χ1n) is 5.94. The summed E-state index contributed by atoms with van der Waals surface area (Å²) in [4.78, 5) is 22.0. The highest BCUT2D eigenvalue weighted by Gasteiger charge is 2.28. The lowest BCUT2D eigenvalue weighted by Gasteiger charge is -2.16. The Hall–Kier alpha value is -1.86. The number of carbonyl (C=O) groups excluding carboxylic acids is 2. The van der Waals surface area contributed by atoms with Gasteiger partial charge in [-0.2, -0.15) is 0 Å². The van der Waals surface area contributed by atoms with Crippen LogP contribution in [0.1, 0.15) is 25.5 Å². The maximum atomic E-state index is 13.7. The number of carbonyl (C=O) groups is 2. The second kappa shape index (κ2) is 8.43. The second-order valence-corrected chi connectivity index (χ2v) is 4.00. The van der Waals surface area contributed by atoms with Gasteiger partial charge in [0.1, 0.15) is 0 Å². The Bertz CT molecular complexity index is 511. The molecule has 0 spiro atoms. The van der Waals surface area contributed by atoms with Crippen molar-refractivity contribution in [3.8, 4) is 11.5 Å².